The predicted molar refractivity (Wildman–Crippen MR) is 64.4 cm³/mol. The largest absolute Gasteiger partial charge is 0.487 e. The summed E-state index contributed by atoms with van der Waals surface area (Å²) in [5.41, 5.74) is 0. The van der Waals surface area contributed by atoms with Gasteiger partial charge < -0.3 is 10.1 Å². The van der Waals surface area contributed by atoms with E-state index in [0.717, 1.165) is 38.4 Å². The van der Waals surface area contributed by atoms with Crippen LogP contribution in [-0.4, -0.2) is 19.2 Å². The predicted octanol–water partition coefficient (Wildman–Crippen LogP) is 2.87. The summed E-state index contributed by atoms with van der Waals surface area (Å²) in [6.45, 7) is 1.77. The van der Waals surface area contributed by atoms with Crippen LogP contribution in [0.2, 0.25) is 0 Å². The minimum absolute atomic E-state index is 0.102. The van der Waals surface area contributed by atoms with E-state index in [2.05, 4.69) is 5.32 Å². The van der Waals surface area contributed by atoms with Crippen LogP contribution in [0.25, 0.3) is 0 Å². The minimum atomic E-state index is -1.46. The molecule has 1 aliphatic carbocycles. The Kier molecular flexibility index (Phi) is 3.39. The highest BCUT2D eigenvalue weighted by atomic mass is 19.2. The zero-order valence-corrected chi connectivity index (χ0v) is 10.5. The lowest BCUT2D eigenvalue weighted by molar-refractivity contribution is 0.114. The molecule has 1 saturated carbocycles. The molecule has 0 aromatic heterocycles. The second-order valence-corrected chi connectivity index (χ2v) is 5.35. The van der Waals surface area contributed by atoms with E-state index in [1.165, 1.54) is 6.07 Å². The van der Waals surface area contributed by atoms with Gasteiger partial charge in [0, 0.05) is 12.5 Å². The smallest absolute Gasteiger partial charge is 0.203 e. The number of rotatable bonds is 4. The number of nitrogens with one attached hydrogen (secondary N) is 1. The number of benzene rings is 1. The molecule has 2 nitrogen and oxygen atoms in total. The number of ether oxygens (including phenoxy) is 1. The Morgan fingerprint density at radius 2 is 1.84 bits per heavy atom. The summed E-state index contributed by atoms with van der Waals surface area (Å²) in [6, 6.07) is 2.08. The number of halogens is 3. The molecular weight excluding hydrogens is 255 g/mol. The third kappa shape index (κ3) is 2.56. The zero-order chi connectivity index (χ0) is 13.4. The van der Waals surface area contributed by atoms with Crippen LogP contribution in [0, 0.1) is 29.3 Å². The maximum absolute atomic E-state index is 13.6. The molecule has 5 heteroatoms. The van der Waals surface area contributed by atoms with Crippen LogP contribution in [-0.2, 0) is 0 Å². The molecule has 1 aromatic carbocycles. The second-order valence-electron chi connectivity index (χ2n) is 5.35. The van der Waals surface area contributed by atoms with Gasteiger partial charge in [0.05, 0.1) is 0 Å². The first-order chi connectivity index (χ1) is 9.16. The third-order valence-electron chi connectivity index (χ3n) is 3.91. The van der Waals surface area contributed by atoms with Crippen LogP contribution in [0.4, 0.5) is 13.2 Å². The van der Waals surface area contributed by atoms with E-state index in [9.17, 15) is 13.2 Å². The summed E-state index contributed by atoms with van der Waals surface area (Å²) in [4.78, 5) is 0. The van der Waals surface area contributed by atoms with Crippen molar-refractivity contribution >= 4 is 0 Å². The van der Waals surface area contributed by atoms with Gasteiger partial charge in [-0.3, -0.25) is 0 Å². The van der Waals surface area contributed by atoms with E-state index in [-0.39, 0.29) is 11.9 Å². The molecule has 1 aliphatic heterocycles. The fourth-order valence-corrected chi connectivity index (χ4v) is 2.71. The molecule has 0 unspecified atom stereocenters. The normalized spacial score (nSPS) is 24.5. The molecule has 0 bridgehead atoms. The van der Waals surface area contributed by atoms with Gasteiger partial charge in [0.25, 0.3) is 0 Å². The summed E-state index contributed by atoms with van der Waals surface area (Å²) < 4.78 is 45.4. The monoisotopic (exact) mass is 271 g/mol. The molecule has 0 amide bonds. The molecule has 1 heterocycles. The average molecular weight is 271 g/mol. The van der Waals surface area contributed by atoms with Crippen molar-refractivity contribution in [1.82, 2.24) is 5.32 Å². The van der Waals surface area contributed by atoms with Gasteiger partial charge in [-0.1, -0.05) is 0 Å². The fraction of sp³-hybridized carbons (Fsp3) is 0.571. The lowest BCUT2D eigenvalue weighted by Crippen LogP contribution is -2.31. The summed E-state index contributed by atoms with van der Waals surface area (Å²) in [7, 11) is 0. The molecule has 1 aromatic rings. The van der Waals surface area contributed by atoms with Crippen molar-refractivity contribution in [3.05, 3.63) is 29.6 Å². The van der Waals surface area contributed by atoms with E-state index < -0.39 is 17.5 Å². The first kappa shape index (κ1) is 12.8. The molecule has 2 fully saturated rings. The van der Waals surface area contributed by atoms with Gasteiger partial charge in [0.2, 0.25) is 5.82 Å². The summed E-state index contributed by atoms with van der Waals surface area (Å²) in [6.07, 6.45) is 3.00. The van der Waals surface area contributed by atoms with Gasteiger partial charge in [0.15, 0.2) is 17.4 Å². The van der Waals surface area contributed by atoms with Crippen molar-refractivity contribution in [3.63, 3.8) is 0 Å². The van der Waals surface area contributed by atoms with Crippen LogP contribution < -0.4 is 10.1 Å². The van der Waals surface area contributed by atoms with Crippen LogP contribution >= 0.6 is 0 Å². The topological polar surface area (TPSA) is 21.3 Å². The Bertz CT molecular complexity index is 470. The van der Waals surface area contributed by atoms with Gasteiger partial charge in [0.1, 0.15) is 6.10 Å². The van der Waals surface area contributed by atoms with Crippen LogP contribution in [0.3, 0.4) is 0 Å². The maximum atomic E-state index is 13.6. The van der Waals surface area contributed by atoms with Crippen LogP contribution in [0.15, 0.2) is 12.1 Å². The molecular formula is C14H16F3NO. The Labute approximate surface area is 109 Å². The molecule has 3 rings (SSSR count). The zero-order valence-electron chi connectivity index (χ0n) is 10.5. The van der Waals surface area contributed by atoms with E-state index in [1.807, 2.05) is 0 Å². The summed E-state index contributed by atoms with van der Waals surface area (Å²) in [5.74, 6) is -3.32. The van der Waals surface area contributed by atoms with Crippen LogP contribution in [0.1, 0.15) is 19.3 Å². The van der Waals surface area contributed by atoms with Gasteiger partial charge in [-0.25, -0.2) is 8.78 Å². The van der Waals surface area contributed by atoms with E-state index in [1.54, 1.807) is 0 Å². The van der Waals surface area contributed by atoms with Crippen molar-refractivity contribution in [2.75, 3.05) is 13.1 Å². The molecule has 0 radical (unpaired) electrons. The van der Waals surface area contributed by atoms with Crippen molar-refractivity contribution in [2.45, 2.75) is 25.4 Å². The van der Waals surface area contributed by atoms with Crippen LogP contribution in [0.5, 0.6) is 5.75 Å². The van der Waals surface area contributed by atoms with Crippen molar-refractivity contribution in [1.29, 1.82) is 0 Å². The summed E-state index contributed by atoms with van der Waals surface area (Å²) in [5, 5.41) is 3.25. The Morgan fingerprint density at radius 3 is 2.47 bits per heavy atom. The molecule has 2 atom stereocenters. The molecule has 104 valence electrons. The SMILES string of the molecule is Fc1ccc(O[C@@H](C2CC2)[C@H]2CCNC2)c(F)c1F. The molecule has 19 heavy (non-hydrogen) atoms. The number of hydrogen-bond donors (Lipinski definition) is 1. The maximum Gasteiger partial charge on any atom is 0.203 e. The van der Waals surface area contributed by atoms with Gasteiger partial charge in [-0.05, 0) is 43.9 Å². The average Bonchev–Trinajstić information content (AvgIpc) is 3.10. The minimum Gasteiger partial charge on any atom is -0.487 e. The lowest BCUT2D eigenvalue weighted by atomic mass is 9.97. The number of hydrogen-bond acceptors (Lipinski definition) is 2. The summed E-state index contributed by atoms with van der Waals surface area (Å²) >= 11 is 0. The van der Waals surface area contributed by atoms with Crippen molar-refractivity contribution < 1.29 is 17.9 Å². The Morgan fingerprint density at radius 1 is 1.05 bits per heavy atom. The van der Waals surface area contributed by atoms with Gasteiger partial charge in [-0.15, -0.1) is 0 Å². The first-order valence-corrected chi connectivity index (χ1v) is 6.67. The van der Waals surface area contributed by atoms with Crippen molar-refractivity contribution in [3.8, 4) is 5.75 Å². The highest BCUT2D eigenvalue weighted by Crippen LogP contribution is 2.40. The molecule has 1 saturated heterocycles. The molecule has 0 spiro atoms. The third-order valence-corrected chi connectivity index (χ3v) is 3.91. The van der Waals surface area contributed by atoms with Gasteiger partial charge in [-0.2, -0.15) is 4.39 Å². The van der Waals surface area contributed by atoms with Crippen molar-refractivity contribution in [2.24, 2.45) is 11.8 Å². The van der Waals surface area contributed by atoms with E-state index >= 15 is 0 Å². The quantitative estimate of drug-likeness (QED) is 0.850. The van der Waals surface area contributed by atoms with E-state index in [4.69, 9.17) is 4.74 Å². The first-order valence-electron chi connectivity index (χ1n) is 6.67. The fourth-order valence-electron chi connectivity index (χ4n) is 2.71. The second kappa shape index (κ2) is 5.04. The Balaban J connectivity index is 1.80. The van der Waals surface area contributed by atoms with E-state index in [0.29, 0.717) is 11.8 Å². The molecule has 2 aliphatic rings. The highest BCUT2D eigenvalue weighted by molar-refractivity contribution is 5.26. The Hall–Kier alpha value is -1.23. The highest BCUT2D eigenvalue weighted by Gasteiger charge is 2.40. The van der Waals surface area contributed by atoms with Gasteiger partial charge >= 0.3 is 0 Å². The standard InChI is InChI=1S/C14H16F3NO/c15-10-3-4-11(13(17)12(10)16)19-14(8-1-2-8)9-5-6-18-7-9/h3-4,8-9,14,18H,1-2,5-7H2/t9-,14-/m0/s1. The molecule has 1 N–H and O–H groups in total. The lowest BCUT2D eigenvalue weighted by Gasteiger charge is -2.24.